The fourth-order valence-electron chi connectivity index (χ4n) is 3.92. The average Bonchev–Trinajstić information content (AvgIpc) is 2.82. The van der Waals surface area contributed by atoms with Crippen LogP contribution in [0.1, 0.15) is 37.5 Å². The van der Waals surface area contributed by atoms with Crippen molar-refractivity contribution in [3.8, 4) is 0 Å². The number of para-hydroxylation sites is 1. The normalized spacial score (nSPS) is 12.0. The molecular weight excluding hydrogens is 461 g/mol. The van der Waals surface area contributed by atoms with Gasteiger partial charge in [0.15, 0.2) is 0 Å². The van der Waals surface area contributed by atoms with Gasteiger partial charge in [-0.3, -0.25) is 19.7 Å². The molecule has 0 bridgehead atoms. The lowest BCUT2D eigenvalue weighted by atomic mass is 9.99. The highest BCUT2D eigenvalue weighted by Crippen LogP contribution is 2.22. The first-order valence-corrected chi connectivity index (χ1v) is 11.7. The van der Waals surface area contributed by atoms with Crippen molar-refractivity contribution in [3.63, 3.8) is 0 Å². The van der Waals surface area contributed by atoms with E-state index in [4.69, 9.17) is 0 Å². The lowest BCUT2D eigenvalue weighted by Crippen LogP contribution is -2.54. The highest BCUT2D eigenvalue weighted by Gasteiger charge is 2.33. The summed E-state index contributed by atoms with van der Waals surface area (Å²) in [7, 11) is 0. The third kappa shape index (κ3) is 7.21. The highest BCUT2D eigenvalue weighted by molar-refractivity contribution is 5.89. The van der Waals surface area contributed by atoms with Crippen LogP contribution in [0.2, 0.25) is 0 Å². The topological polar surface area (TPSA) is 92.6 Å². The summed E-state index contributed by atoms with van der Waals surface area (Å²) in [5.74, 6) is -1.41. The minimum absolute atomic E-state index is 0.165. The molecule has 0 fully saturated rings. The van der Waals surface area contributed by atoms with Crippen molar-refractivity contribution in [2.45, 2.75) is 51.7 Å². The molecule has 8 heteroatoms. The molecule has 36 heavy (non-hydrogen) atoms. The third-order valence-corrected chi connectivity index (χ3v) is 5.60. The number of rotatable bonds is 9. The van der Waals surface area contributed by atoms with Crippen molar-refractivity contribution in [1.29, 1.82) is 0 Å². The largest absolute Gasteiger partial charge is 0.350 e. The van der Waals surface area contributed by atoms with E-state index in [1.165, 1.54) is 29.2 Å². The van der Waals surface area contributed by atoms with Gasteiger partial charge < -0.3 is 10.2 Å². The van der Waals surface area contributed by atoms with Gasteiger partial charge in [-0.25, -0.2) is 4.39 Å². The van der Waals surface area contributed by atoms with Crippen LogP contribution in [-0.4, -0.2) is 33.2 Å². The number of nitro benzene ring substituents is 1. The number of nitro groups is 1. The maximum atomic E-state index is 14.6. The van der Waals surface area contributed by atoms with Gasteiger partial charge in [0.25, 0.3) is 5.69 Å². The fraction of sp³-hybridized carbons (Fsp3) is 0.286. The van der Waals surface area contributed by atoms with Crippen LogP contribution in [0.3, 0.4) is 0 Å². The Hall–Kier alpha value is -4.07. The van der Waals surface area contributed by atoms with Crippen molar-refractivity contribution in [2.24, 2.45) is 0 Å². The molecule has 0 radical (unpaired) electrons. The average molecular weight is 492 g/mol. The second kappa shape index (κ2) is 11.6. The van der Waals surface area contributed by atoms with Crippen LogP contribution in [0, 0.1) is 15.9 Å². The molecule has 0 spiro atoms. The number of hydrogen-bond acceptors (Lipinski definition) is 4. The summed E-state index contributed by atoms with van der Waals surface area (Å²) in [6.45, 7) is 5.34. The molecule has 0 saturated carbocycles. The molecule has 0 saturated heterocycles. The van der Waals surface area contributed by atoms with Gasteiger partial charge in [0.2, 0.25) is 11.8 Å². The lowest BCUT2D eigenvalue weighted by molar-refractivity contribution is -0.385. The molecule has 3 aromatic rings. The summed E-state index contributed by atoms with van der Waals surface area (Å²) in [4.78, 5) is 39.5. The third-order valence-electron chi connectivity index (χ3n) is 5.60. The minimum Gasteiger partial charge on any atom is -0.350 e. The van der Waals surface area contributed by atoms with Crippen molar-refractivity contribution >= 4 is 17.5 Å². The maximum absolute atomic E-state index is 14.6. The van der Waals surface area contributed by atoms with Crippen LogP contribution in [0.4, 0.5) is 10.1 Å². The number of hydrogen-bond donors (Lipinski definition) is 1. The predicted octanol–water partition coefficient (Wildman–Crippen LogP) is 4.83. The van der Waals surface area contributed by atoms with E-state index in [1.807, 2.05) is 51.1 Å². The second-order valence-electron chi connectivity index (χ2n) is 9.62. The highest BCUT2D eigenvalue weighted by atomic mass is 19.1. The first kappa shape index (κ1) is 26.5. The van der Waals surface area contributed by atoms with E-state index < -0.39 is 34.1 Å². The molecule has 2 amide bonds. The number of carbonyl (C=O) groups is 2. The Morgan fingerprint density at radius 3 is 2.14 bits per heavy atom. The summed E-state index contributed by atoms with van der Waals surface area (Å²) in [5.41, 5.74) is 0.534. The Labute approximate surface area is 210 Å². The van der Waals surface area contributed by atoms with Crippen LogP contribution < -0.4 is 5.32 Å². The predicted molar refractivity (Wildman–Crippen MR) is 136 cm³/mol. The zero-order chi connectivity index (χ0) is 26.3. The zero-order valence-corrected chi connectivity index (χ0v) is 20.6. The Bertz CT molecular complexity index is 1220. The molecular formula is C28H30FN3O4. The number of halogens is 1. The fourth-order valence-corrected chi connectivity index (χ4v) is 3.92. The van der Waals surface area contributed by atoms with E-state index >= 15 is 0 Å². The molecule has 7 nitrogen and oxygen atoms in total. The maximum Gasteiger partial charge on any atom is 0.273 e. The number of carbonyl (C=O) groups excluding carboxylic acids is 2. The van der Waals surface area contributed by atoms with E-state index in [-0.39, 0.29) is 36.2 Å². The van der Waals surface area contributed by atoms with E-state index in [9.17, 15) is 24.1 Å². The van der Waals surface area contributed by atoms with Gasteiger partial charge in [0, 0.05) is 35.7 Å². The Kier molecular flexibility index (Phi) is 8.53. The summed E-state index contributed by atoms with van der Waals surface area (Å²) >= 11 is 0. The number of nitrogens with one attached hydrogen (secondary N) is 1. The number of amides is 2. The molecule has 0 heterocycles. The van der Waals surface area contributed by atoms with E-state index in [0.717, 1.165) is 5.56 Å². The van der Waals surface area contributed by atoms with E-state index in [1.54, 1.807) is 24.3 Å². The van der Waals surface area contributed by atoms with Gasteiger partial charge >= 0.3 is 0 Å². The first-order chi connectivity index (χ1) is 17.0. The van der Waals surface area contributed by atoms with Crippen LogP contribution in [-0.2, 0) is 29.0 Å². The molecule has 0 aliphatic carbocycles. The van der Waals surface area contributed by atoms with Gasteiger partial charge in [0.05, 0.1) is 11.3 Å². The standard InChI is InChI=1S/C28H30FN3O4/c1-28(2,3)30-27(34)25(17-20-11-5-4-6-12-20)31(19-22-14-7-9-15-23(22)29)26(33)18-21-13-8-10-16-24(21)32(35)36/h4-16,25H,17-19H2,1-3H3,(H,30,34)/t25-/m0/s1. The molecule has 3 rings (SSSR count). The summed E-state index contributed by atoms with van der Waals surface area (Å²) in [6, 6.07) is 20.3. The number of nitrogens with zero attached hydrogens (tertiary/aromatic N) is 2. The Morgan fingerprint density at radius 2 is 1.53 bits per heavy atom. The van der Waals surface area contributed by atoms with Crippen LogP contribution >= 0.6 is 0 Å². The molecule has 1 atom stereocenters. The van der Waals surface area contributed by atoms with E-state index in [0.29, 0.717) is 0 Å². The molecule has 0 aliphatic heterocycles. The molecule has 1 N–H and O–H groups in total. The van der Waals surface area contributed by atoms with Crippen molar-refractivity contribution < 1.29 is 18.9 Å². The van der Waals surface area contributed by atoms with Crippen molar-refractivity contribution in [1.82, 2.24) is 10.2 Å². The van der Waals surface area contributed by atoms with Gasteiger partial charge in [-0.05, 0) is 32.4 Å². The second-order valence-corrected chi connectivity index (χ2v) is 9.62. The van der Waals surface area contributed by atoms with Gasteiger partial charge in [-0.1, -0.05) is 66.7 Å². The summed E-state index contributed by atoms with van der Waals surface area (Å²) in [5, 5.41) is 14.4. The van der Waals surface area contributed by atoms with Crippen molar-refractivity contribution in [2.75, 3.05) is 0 Å². The molecule has 188 valence electrons. The van der Waals surface area contributed by atoms with Gasteiger partial charge in [-0.2, -0.15) is 0 Å². The quantitative estimate of drug-likeness (QED) is 0.343. The minimum atomic E-state index is -0.971. The Balaban J connectivity index is 2.05. The van der Waals surface area contributed by atoms with Gasteiger partial charge in [-0.15, -0.1) is 0 Å². The summed E-state index contributed by atoms with van der Waals surface area (Å²) in [6.07, 6.45) is -0.112. The van der Waals surface area contributed by atoms with Crippen LogP contribution in [0.5, 0.6) is 0 Å². The molecule has 0 aliphatic rings. The molecule has 0 unspecified atom stereocenters. The SMILES string of the molecule is CC(C)(C)NC(=O)[C@H](Cc1ccccc1)N(Cc1ccccc1F)C(=O)Cc1ccccc1[N+](=O)[O-]. The lowest BCUT2D eigenvalue weighted by Gasteiger charge is -2.34. The van der Waals surface area contributed by atoms with Crippen molar-refractivity contribution in [3.05, 3.63) is 111 Å². The van der Waals surface area contributed by atoms with Crippen LogP contribution in [0.15, 0.2) is 78.9 Å². The molecule has 0 aromatic heterocycles. The van der Waals surface area contributed by atoms with Crippen LogP contribution in [0.25, 0.3) is 0 Å². The Morgan fingerprint density at radius 1 is 0.944 bits per heavy atom. The smallest absolute Gasteiger partial charge is 0.273 e. The first-order valence-electron chi connectivity index (χ1n) is 11.7. The van der Waals surface area contributed by atoms with E-state index in [2.05, 4.69) is 5.32 Å². The number of benzene rings is 3. The van der Waals surface area contributed by atoms with Gasteiger partial charge in [0.1, 0.15) is 11.9 Å². The zero-order valence-electron chi connectivity index (χ0n) is 20.6. The summed E-state index contributed by atoms with van der Waals surface area (Å²) < 4.78 is 14.6. The monoisotopic (exact) mass is 491 g/mol. The molecule has 3 aromatic carbocycles.